The molecule has 3 heteroatoms. The number of aromatic nitrogens is 1. The third kappa shape index (κ3) is 2.70. The molecule has 0 saturated carbocycles. The minimum absolute atomic E-state index is 0.312. The Kier molecular flexibility index (Phi) is 3.74. The predicted molar refractivity (Wildman–Crippen MR) is 76.3 cm³/mol. The van der Waals surface area contributed by atoms with E-state index >= 15 is 0 Å². The molecule has 0 aliphatic carbocycles. The summed E-state index contributed by atoms with van der Waals surface area (Å²) in [5, 5.41) is 0. The summed E-state index contributed by atoms with van der Waals surface area (Å²) in [5.41, 5.74) is 4.01. The first-order chi connectivity index (χ1) is 9.02. The van der Waals surface area contributed by atoms with Gasteiger partial charge in [0.1, 0.15) is 5.69 Å². The highest BCUT2D eigenvalue weighted by Gasteiger charge is 2.12. The second kappa shape index (κ2) is 5.31. The summed E-state index contributed by atoms with van der Waals surface area (Å²) in [6, 6.07) is 10.3. The van der Waals surface area contributed by atoms with E-state index in [1.165, 1.54) is 12.7 Å². The number of esters is 1. The lowest BCUT2D eigenvalue weighted by molar-refractivity contribution is 0.0590. The Morgan fingerprint density at radius 2 is 1.79 bits per heavy atom. The lowest BCUT2D eigenvalue weighted by Gasteiger charge is -2.05. The fraction of sp³-hybridized carbons (Fsp3) is 0.312. The highest BCUT2D eigenvalue weighted by atomic mass is 16.5. The highest BCUT2D eigenvalue weighted by molar-refractivity contribution is 5.89. The first-order valence-electron chi connectivity index (χ1n) is 6.38. The molecule has 0 spiro atoms. The largest absolute Gasteiger partial charge is 0.464 e. The van der Waals surface area contributed by atoms with Crippen molar-refractivity contribution < 1.29 is 9.53 Å². The molecule has 0 saturated heterocycles. The maximum atomic E-state index is 11.6. The molecule has 0 aliphatic rings. The van der Waals surface area contributed by atoms with Crippen molar-refractivity contribution >= 4 is 5.97 Å². The van der Waals surface area contributed by atoms with Gasteiger partial charge in [-0.25, -0.2) is 4.79 Å². The Hall–Kier alpha value is -2.03. The molecule has 1 aromatic heterocycles. The van der Waals surface area contributed by atoms with E-state index in [0.717, 1.165) is 11.1 Å². The quantitative estimate of drug-likeness (QED) is 0.787. The number of hydrogen-bond donors (Lipinski definition) is 0. The van der Waals surface area contributed by atoms with E-state index in [9.17, 15) is 4.79 Å². The third-order valence-corrected chi connectivity index (χ3v) is 3.31. The monoisotopic (exact) mass is 257 g/mol. The summed E-state index contributed by atoms with van der Waals surface area (Å²) in [6.45, 7) is 4.35. The second-order valence-electron chi connectivity index (χ2n) is 4.99. The maximum absolute atomic E-state index is 11.6. The van der Waals surface area contributed by atoms with E-state index in [1.54, 1.807) is 4.57 Å². The van der Waals surface area contributed by atoms with Gasteiger partial charge in [0.15, 0.2) is 0 Å². The fourth-order valence-electron chi connectivity index (χ4n) is 2.09. The number of rotatable bonds is 3. The molecule has 19 heavy (non-hydrogen) atoms. The van der Waals surface area contributed by atoms with Crippen molar-refractivity contribution in [3.05, 3.63) is 47.8 Å². The van der Waals surface area contributed by atoms with Gasteiger partial charge in [-0.1, -0.05) is 38.1 Å². The number of methoxy groups -OCH3 is 1. The van der Waals surface area contributed by atoms with Gasteiger partial charge < -0.3 is 9.30 Å². The molecule has 1 heterocycles. The van der Waals surface area contributed by atoms with E-state index in [4.69, 9.17) is 4.74 Å². The second-order valence-corrected chi connectivity index (χ2v) is 4.99. The zero-order valence-electron chi connectivity index (χ0n) is 11.8. The number of benzene rings is 1. The van der Waals surface area contributed by atoms with Crippen molar-refractivity contribution in [3.63, 3.8) is 0 Å². The summed E-state index contributed by atoms with van der Waals surface area (Å²) in [5.74, 6) is 0.211. The molecule has 0 amide bonds. The molecule has 0 radical (unpaired) electrons. The maximum Gasteiger partial charge on any atom is 0.354 e. The highest BCUT2D eigenvalue weighted by Crippen LogP contribution is 2.24. The van der Waals surface area contributed by atoms with Crippen molar-refractivity contribution in [3.8, 4) is 11.1 Å². The lowest BCUT2D eigenvalue weighted by atomic mass is 10.00. The number of aryl methyl sites for hydroxylation is 1. The first kappa shape index (κ1) is 13.4. The van der Waals surface area contributed by atoms with Crippen LogP contribution in [0.5, 0.6) is 0 Å². The van der Waals surface area contributed by atoms with Gasteiger partial charge in [0.2, 0.25) is 0 Å². The van der Waals surface area contributed by atoms with Crippen molar-refractivity contribution in [1.82, 2.24) is 4.57 Å². The van der Waals surface area contributed by atoms with Crippen molar-refractivity contribution in [2.45, 2.75) is 19.8 Å². The molecular weight excluding hydrogens is 238 g/mol. The molecule has 100 valence electrons. The van der Waals surface area contributed by atoms with Crippen LogP contribution in [0.4, 0.5) is 0 Å². The van der Waals surface area contributed by atoms with Crippen molar-refractivity contribution in [2.75, 3.05) is 7.11 Å². The normalized spacial score (nSPS) is 10.8. The van der Waals surface area contributed by atoms with E-state index < -0.39 is 0 Å². The summed E-state index contributed by atoms with van der Waals surface area (Å²) in [4.78, 5) is 11.6. The molecule has 0 N–H and O–H groups in total. The van der Waals surface area contributed by atoms with Gasteiger partial charge in [-0.15, -0.1) is 0 Å². The van der Waals surface area contributed by atoms with Crippen LogP contribution in [0, 0.1) is 0 Å². The molecule has 0 atom stereocenters. The van der Waals surface area contributed by atoms with Crippen LogP contribution in [0.3, 0.4) is 0 Å². The van der Waals surface area contributed by atoms with Gasteiger partial charge in [-0.05, 0) is 23.1 Å². The fourth-order valence-corrected chi connectivity index (χ4v) is 2.09. The lowest BCUT2D eigenvalue weighted by Crippen LogP contribution is -2.06. The Morgan fingerprint density at radius 1 is 1.16 bits per heavy atom. The molecule has 3 nitrogen and oxygen atoms in total. The minimum atomic E-state index is -0.312. The van der Waals surface area contributed by atoms with Gasteiger partial charge in [0.25, 0.3) is 0 Å². The molecule has 0 fully saturated rings. The molecular formula is C16H19NO2. The predicted octanol–water partition coefficient (Wildman–Crippen LogP) is 3.60. The molecule has 0 bridgehead atoms. The van der Waals surface area contributed by atoms with Crippen LogP contribution in [-0.2, 0) is 11.8 Å². The molecule has 0 aliphatic heterocycles. The average molecular weight is 257 g/mol. The van der Waals surface area contributed by atoms with Crippen LogP contribution in [0.2, 0.25) is 0 Å². The smallest absolute Gasteiger partial charge is 0.354 e. The summed E-state index contributed by atoms with van der Waals surface area (Å²) in [7, 11) is 3.24. The van der Waals surface area contributed by atoms with E-state index in [0.29, 0.717) is 11.6 Å². The van der Waals surface area contributed by atoms with Crippen LogP contribution in [0.15, 0.2) is 36.5 Å². The average Bonchev–Trinajstić information content (AvgIpc) is 2.80. The van der Waals surface area contributed by atoms with Gasteiger partial charge in [0, 0.05) is 18.8 Å². The molecule has 2 rings (SSSR count). The van der Waals surface area contributed by atoms with Crippen LogP contribution in [0.1, 0.15) is 35.8 Å². The molecule has 1 aromatic carbocycles. The summed E-state index contributed by atoms with van der Waals surface area (Å²) in [6.07, 6.45) is 1.94. The van der Waals surface area contributed by atoms with E-state index in [-0.39, 0.29) is 5.97 Å². The van der Waals surface area contributed by atoms with Crippen LogP contribution in [0.25, 0.3) is 11.1 Å². The topological polar surface area (TPSA) is 31.2 Å². The van der Waals surface area contributed by atoms with Gasteiger partial charge in [-0.2, -0.15) is 0 Å². The zero-order chi connectivity index (χ0) is 14.0. The van der Waals surface area contributed by atoms with Crippen molar-refractivity contribution in [1.29, 1.82) is 0 Å². The summed E-state index contributed by atoms with van der Waals surface area (Å²) >= 11 is 0. The van der Waals surface area contributed by atoms with Gasteiger partial charge in [0.05, 0.1) is 7.11 Å². The Morgan fingerprint density at radius 3 is 2.32 bits per heavy atom. The van der Waals surface area contributed by atoms with Crippen LogP contribution in [-0.4, -0.2) is 17.6 Å². The SMILES string of the molecule is COC(=O)c1cc(-c2ccc(C(C)C)cc2)cn1C. The Labute approximate surface area is 113 Å². The minimum Gasteiger partial charge on any atom is -0.464 e. The number of carbonyl (C=O) groups excluding carboxylic acids is 1. The Balaban J connectivity index is 2.34. The number of hydrogen-bond acceptors (Lipinski definition) is 2. The van der Waals surface area contributed by atoms with Crippen LogP contribution >= 0.6 is 0 Å². The van der Waals surface area contributed by atoms with E-state index in [2.05, 4.69) is 38.1 Å². The van der Waals surface area contributed by atoms with Gasteiger partial charge in [-0.3, -0.25) is 0 Å². The number of nitrogens with zero attached hydrogens (tertiary/aromatic N) is 1. The third-order valence-electron chi connectivity index (χ3n) is 3.31. The zero-order valence-corrected chi connectivity index (χ0v) is 11.8. The summed E-state index contributed by atoms with van der Waals surface area (Å²) < 4.78 is 6.55. The Bertz CT molecular complexity index is 579. The molecule has 0 unspecified atom stereocenters. The number of ether oxygens (including phenoxy) is 1. The van der Waals surface area contributed by atoms with Crippen molar-refractivity contribution in [2.24, 2.45) is 7.05 Å². The first-order valence-corrected chi connectivity index (χ1v) is 6.38. The standard InChI is InChI=1S/C16H19NO2/c1-11(2)12-5-7-13(8-6-12)14-9-15(16(18)19-4)17(3)10-14/h5-11H,1-4H3. The van der Waals surface area contributed by atoms with Crippen LogP contribution < -0.4 is 0 Å². The molecule has 2 aromatic rings. The van der Waals surface area contributed by atoms with E-state index in [1.807, 2.05) is 19.3 Å². The number of carbonyl (C=O) groups is 1. The van der Waals surface area contributed by atoms with Gasteiger partial charge >= 0.3 is 5.97 Å².